The Morgan fingerprint density at radius 1 is 0.857 bits per heavy atom. The van der Waals surface area contributed by atoms with E-state index < -0.39 is 17.8 Å². The molecule has 0 saturated carbocycles. The van der Waals surface area contributed by atoms with Crippen LogP contribution in [0.5, 0.6) is 0 Å². The lowest BCUT2D eigenvalue weighted by Gasteiger charge is -2.28. The highest BCUT2D eigenvalue weighted by Crippen LogP contribution is 2.29. The molecule has 0 N–H and O–H groups in total. The van der Waals surface area contributed by atoms with Crippen molar-refractivity contribution in [2.24, 2.45) is 0 Å². The van der Waals surface area contributed by atoms with Gasteiger partial charge in [0.1, 0.15) is 5.57 Å². The number of benzene rings is 1. The maximum absolute atomic E-state index is 12.5. The molecule has 2 heterocycles. The molecule has 0 unspecified atom stereocenters. The van der Waals surface area contributed by atoms with E-state index in [1.54, 1.807) is 6.08 Å². The minimum atomic E-state index is -0.626. The molecule has 1 fully saturated rings. The van der Waals surface area contributed by atoms with Gasteiger partial charge < -0.3 is 4.57 Å². The van der Waals surface area contributed by atoms with Crippen molar-refractivity contribution in [2.75, 3.05) is 14.1 Å². The van der Waals surface area contributed by atoms with Crippen molar-refractivity contribution in [3.63, 3.8) is 0 Å². The van der Waals surface area contributed by atoms with Gasteiger partial charge in [0.2, 0.25) is 0 Å². The molecule has 1 aliphatic rings. The molecule has 0 spiro atoms. The van der Waals surface area contributed by atoms with Crippen LogP contribution in [0.15, 0.2) is 28.2 Å². The van der Waals surface area contributed by atoms with Gasteiger partial charge in [0, 0.05) is 35.6 Å². The number of carbonyl (C=O) groups is 3. The predicted octanol–water partition coefficient (Wildman–Crippen LogP) is 3.91. The molecule has 1 aliphatic heterocycles. The Morgan fingerprint density at radius 3 is 1.86 bits per heavy atom. The molecule has 3 rings (SSSR count). The maximum Gasteiger partial charge on any atom is 0.333 e. The third-order valence-electron chi connectivity index (χ3n) is 5.09. The first-order valence-corrected chi connectivity index (χ1v) is 9.61. The van der Waals surface area contributed by atoms with Gasteiger partial charge in [0.05, 0.1) is 0 Å². The van der Waals surface area contributed by atoms with E-state index >= 15 is 0 Å². The molecule has 0 radical (unpaired) electrons. The first-order valence-electron chi connectivity index (χ1n) is 8.82. The highest BCUT2D eigenvalue weighted by atomic mass is 79.9. The van der Waals surface area contributed by atoms with Crippen LogP contribution in [0.2, 0.25) is 0 Å². The summed E-state index contributed by atoms with van der Waals surface area (Å²) in [7, 11) is 2.75. The molecule has 28 heavy (non-hydrogen) atoms. The Balaban J connectivity index is 2.13. The Hall–Kier alpha value is -2.67. The zero-order valence-corrected chi connectivity index (χ0v) is 18.3. The van der Waals surface area contributed by atoms with Crippen LogP contribution in [0, 0.1) is 27.7 Å². The first kappa shape index (κ1) is 20.1. The summed E-state index contributed by atoms with van der Waals surface area (Å²) in [5.74, 6) is -1.18. The van der Waals surface area contributed by atoms with E-state index in [0.29, 0.717) is 0 Å². The zero-order chi connectivity index (χ0) is 20.9. The third kappa shape index (κ3) is 3.09. The van der Waals surface area contributed by atoms with Crippen LogP contribution in [-0.2, 0) is 9.59 Å². The number of imide groups is 2. The summed E-state index contributed by atoms with van der Waals surface area (Å²) >= 11 is 3.59. The number of barbiturate groups is 1. The number of carbonyl (C=O) groups excluding carboxylic acids is 3. The smallest absolute Gasteiger partial charge is 0.318 e. The summed E-state index contributed by atoms with van der Waals surface area (Å²) in [5, 5.41) is 0. The van der Waals surface area contributed by atoms with Crippen molar-refractivity contribution in [1.82, 2.24) is 14.4 Å². The Morgan fingerprint density at radius 2 is 1.36 bits per heavy atom. The summed E-state index contributed by atoms with van der Waals surface area (Å²) in [6.45, 7) is 8.01. The lowest BCUT2D eigenvalue weighted by molar-refractivity contribution is -0.134. The van der Waals surface area contributed by atoms with Gasteiger partial charge in [-0.1, -0.05) is 15.9 Å². The number of rotatable bonds is 2. The maximum atomic E-state index is 12.5. The van der Waals surface area contributed by atoms with Gasteiger partial charge in [-0.3, -0.25) is 19.4 Å². The summed E-state index contributed by atoms with van der Waals surface area (Å²) in [6, 6.07) is 5.49. The van der Waals surface area contributed by atoms with Crippen molar-refractivity contribution < 1.29 is 14.4 Å². The summed E-state index contributed by atoms with van der Waals surface area (Å²) in [5.41, 5.74) is 5.91. The number of aromatic nitrogens is 1. The van der Waals surface area contributed by atoms with Crippen molar-refractivity contribution in [3.8, 4) is 5.69 Å². The normalized spacial score (nSPS) is 15.0. The van der Waals surface area contributed by atoms with Gasteiger partial charge >= 0.3 is 6.03 Å². The Bertz CT molecular complexity index is 1020. The molecule has 0 aliphatic carbocycles. The molecule has 1 saturated heterocycles. The SMILES string of the molecule is Cc1cc(-n2c(C)cc(C=C3C(=O)N(C)C(=O)N(C)C3=O)c2C)cc(C)c1Br. The molecule has 4 amide bonds. The van der Waals surface area contributed by atoms with Gasteiger partial charge in [0.15, 0.2) is 0 Å². The molecule has 146 valence electrons. The van der Waals surface area contributed by atoms with Gasteiger partial charge in [-0.2, -0.15) is 0 Å². The molecule has 6 nitrogen and oxygen atoms in total. The minimum absolute atomic E-state index is 0.0204. The fourth-order valence-corrected chi connectivity index (χ4v) is 3.74. The third-order valence-corrected chi connectivity index (χ3v) is 6.34. The van der Waals surface area contributed by atoms with Gasteiger partial charge in [-0.05, 0) is 68.7 Å². The molecule has 1 aromatic carbocycles. The highest BCUT2D eigenvalue weighted by molar-refractivity contribution is 9.10. The zero-order valence-electron chi connectivity index (χ0n) is 16.8. The van der Waals surface area contributed by atoms with Crippen LogP contribution in [-0.4, -0.2) is 46.3 Å². The van der Waals surface area contributed by atoms with Crippen LogP contribution >= 0.6 is 15.9 Å². The molecule has 0 bridgehead atoms. The number of amides is 4. The fraction of sp³-hybridized carbons (Fsp3) is 0.286. The number of hydrogen-bond acceptors (Lipinski definition) is 3. The fourth-order valence-electron chi connectivity index (χ4n) is 3.51. The van der Waals surface area contributed by atoms with E-state index in [0.717, 1.165) is 48.0 Å². The predicted molar refractivity (Wildman–Crippen MR) is 111 cm³/mol. The molecule has 0 atom stereocenters. The molecule has 7 heteroatoms. The van der Waals surface area contributed by atoms with E-state index in [4.69, 9.17) is 0 Å². The summed E-state index contributed by atoms with van der Waals surface area (Å²) in [4.78, 5) is 38.8. The number of hydrogen-bond donors (Lipinski definition) is 0. The Labute approximate surface area is 172 Å². The van der Waals surface area contributed by atoms with E-state index in [9.17, 15) is 14.4 Å². The van der Waals surface area contributed by atoms with Crippen LogP contribution in [0.1, 0.15) is 28.1 Å². The van der Waals surface area contributed by atoms with E-state index in [1.165, 1.54) is 14.1 Å². The van der Waals surface area contributed by atoms with Gasteiger partial charge in [0.25, 0.3) is 11.8 Å². The number of urea groups is 1. The molecule has 1 aromatic heterocycles. The topological polar surface area (TPSA) is 62.6 Å². The van der Waals surface area contributed by atoms with Crippen molar-refractivity contribution in [2.45, 2.75) is 27.7 Å². The van der Waals surface area contributed by atoms with Crippen LogP contribution < -0.4 is 0 Å². The second kappa shape index (κ2) is 7.05. The van der Waals surface area contributed by atoms with Gasteiger partial charge in [-0.15, -0.1) is 0 Å². The average molecular weight is 444 g/mol. The van der Waals surface area contributed by atoms with E-state index in [2.05, 4.69) is 32.6 Å². The lowest BCUT2D eigenvalue weighted by atomic mass is 10.1. The van der Waals surface area contributed by atoms with Gasteiger partial charge in [-0.25, -0.2) is 4.79 Å². The highest BCUT2D eigenvalue weighted by Gasteiger charge is 2.38. The molecular weight excluding hydrogens is 422 g/mol. The van der Waals surface area contributed by atoms with E-state index in [-0.39, 0.29) is 5.57 Å². The second-order valence-electron chi connectivity index (χ2n) is 7.12. The average Bonchev–Trinajstić information content (AvgIpc) is 2.93. The minimum Gasteiger partial charge on any atom is -0.318 e. The summed E-state index contributed by atoms with van der Waals surface area (Å²) in [6.07, 6.45) is 1.57. The summed E-state index contributed by atoms with van der Waals surface area (Å²) < 4.78 is 3.17. The van der Waals surface area contributed by atoms with Crippen molar-refractivity contribution in [1.29, 1.82) is 0 Å². The molecular formula is C21H22BrN3O3. The first-order chi connectivity index (χ1) is 13.0. The Kier molecular flexibility index (Phi) is 5.06. The van der Waals surface area contributed by atoms with Crippen LogP contribution in [0.4, 0.5) is 4.79 Å². The standard InChI is InChI=1S/C21H22BrN3O3/c1-11-7-16(8-12(2)18(11)22)25-13(3)9-15(14(25)4)10-17-19(26)23(5)21(28)24(6)20(17)27/h7-10H,1-6H3. The number of halogens is 1. The van der Waals surface area contributed by atoms with Crippen LogP contribution in [0.25, 0.3) is 11.8 Å². The number of aryl methyl sites for hydroxylation is 3. The monoisotopic (exact) mass is 443 g/mol. The largest absolute Gasteiger partial charge is 0.333 e. The molecule has 2 aromatic rings. The number of nitrogens with zero attached hydrogens (tertiary/aromatic N) is 3. The van der Waals surface area contributed by atoms with Crippen molar-refractivity contribution >= 4 is 39.9 Å². The quantitative estimate of drug-likeness (QED) is 0.522. The van der Waals surface area contributed by atoms with E-state index in [1.807, 2.05) is 33.8 Å². The van der Waals surface area contributed by atoms with Crippen LogP contribution in [0.3, 0.4) is 0 Å². The second-order valence-corrected chi connectivity index (χ2v) is 7.92. The lowest BCUT2D eigenvalue weighted by Crippen LogP contribution is -2.52. The number of likely N-dealkylation sites (N-methyl/N-ethyl adjacent to an activating group) is 2. The van der Waals surface area contributed by atoms with Crippen molar-refractivity contribution in [3.05, 3.63) is 56.3 Å².